The SMILES string of the molecule is CCC12CCCN3CC[C@]4(c5ccccc5N(C(C)=O)[C@@H]4C(C(=O)OC)C1)[C@@H]32. The lowest BCUT2D eigenvalue weighted by atomic mass is 9.49. The molecule has 5 nitrogen and oxygen atoms in total. The Labute approximate surface area is 167 Å². The van der Waals surface area contributed by atoms with Crippen LogP contribution in [0.2, 0.25) is 0 Å². The van der Waals surface area contributed by atoms with Crippen LogP contribution in [0.15, 0.2) is 24.3 Å². The first-order chi connectivity index (χ1) is 13.5. The minimum absolute atomic E-state index is 0.0292. The lowest BCUT2D eigenvalue weighted by Crippen LogP contribution is -2.69. The summed E-state index contributed by atoms with van der Waals surface area (Å²) in [6.07, 6.45) is 5.25. The van der Waals surface area contributed by atoms with Crippen molar-refractivity contribution in [3.63, 3.8) is 0 Å². The molecule has 0 N–H and O–H groups in total. The van der Waals surface area contributed by atoms with E-state index in [0.29, 0.717) is 6.04 Å². The number of hydrogen-bond acceptors (Lipinski definition) is 4. The van der Waals surface area contributed by atoms with Crippen LogP contribution in [-0.2, 0) is 19.7 Å². The smallest absolute Gasteiger partial charge is 0.310 e. The van der Waals surface area contributed by atoms with E-state index in [1.54, 1.807) is 6.92 Å². The van der Waals surface area contributed by atoms with Gasteiger partial charge in [0.05, 0.1) is 19.1 Å². The van der Waals surface area contributed by atoms with Gasteiger partial charge in [0, 0.05) is 24.1 Å². The summed E-state index contributed by atoms with van der Waals surface area (Å²) < 4.78 is 5.31. The molecule has 1 aromatic carbocycles. The Morgan fingerprint density at radius 3 is 2.71 bits per heavy atom. The molecule has 5 atom stereocenters. The number of carbonyl (C=O) groups excluding carboxylic acids is 2. The number of anilines is 1. The number of amides is 1. The Morgan fingerprint density at radius 1 is 1.21 bits per heavy atom. The second-order valence-corrected chi connectivity index (χ2v) is 9.23. The first-order valence-corrected chi connectivity index (χ1v) is 10.7. The fourth-order valence-corrected chi connectivity index (χ4v) is 7.62. The van der Waals surface area contributed by atoms with Crippen LogP contribution in [0.1, 0.15) is 51.5 Å². The molecule has 5 rings (SSSR count). The lowest BCUT2D eigenvalue weighted by molar-refractivity contribution is -0.154. The van der Waals surface area contributed by atoms with Gasteiger partial charge in [-0.15, -0.1) is 0 Å². The van der Waals surface area contributed by atoms with Crippen LogP contribution in [0.25, 0.3) is 0 Å². The molecule has 5 heteroatoms. The molecule has 1 saturated carbocycles. The molecule has 1 aromatic rings. The summed E-state index contributed by atoms with van der Waals surface area (Å²) in [6, 6.07) is 8.64. The van der Waals surface area contributed by atoms with Gasteiger partial charge in [-0.3, -0.25) is 14.5 Å². The highest BCUT2D eigenvalue weighted by Crippen LogP contribution is 2.66. The third-order valence-electron chi connectivity index (χ3n) is 8.39. The van der Waals surface area contributed by atoms with E-state index < -0.39 is 0 Å². The summed E-state index contributed by atoms with van der Waals surface area (Å²) in [7, 11) is 1.49. The van der Waals surface area contributed by atoms with E-state index in [4.69, 9.17) is 4.74 Å². The lowest BCUT2D eigenvalue weighted by Gasteiger charge is -2.60. The molecule has 1 spiro atoms. The summed E-state index contributed by atoms with van der Waals surface area (Å²) in [5, 5.41) is 0. The standard InChI is InChI=1S/C23H30N2O3/c1-4-22-10-7-12-24-13-11-23(21(22)24)17-8-5-6-9-18(17)25(15(2)26)19(23)16(14-22)20(27)28-3/h5-6,8-9,16,19,21H,4,7,10-14H2,1-3H3/t16?,19-,21+,22?,23-/m1/s1. The fourth-order valence-electron chi connectivity index (χ4n) is 7.62. The highest BCUT2D eigenvalue weighted by molar-refractivity contribution is 5.97. The Kier molecular flexibility index (Phi) is 3.93. The average molecular weight is 383 g/mol. The van der Waals surface area contributed by atoms with Crippen molar-refractivity contribution < 1.29 is 14.3 Å². The van der Waals surface area contributed by atoms with Crippen LogP contribution in [-0.4, -0.2) is 49.1 Å². The highest BCUT2D eigenvalue weighted by Gasteiger charge is 2.71. The van der Waals surface area contributed by atoms with Crippen molar-refractivity contribution in [3.8, 4) is 0 Å². The van der Waals surface area contributed by atoms with Crippen molar-refractivity contribution in [2.45, 2.75) is 63.5 Å². The normalized spacial score (nSPS) is 38.5. The number of nitrogens with zero attached hydrogens (tertiary/aromatic N) is 2. The molecule has 2 saturated heterocycles. The predicted octanol–water partition coefficient (Wildman–Crippen LogP) is 3.12. The van der Waals surface area contributed by atoms with Gasteiger partial charge >= 0.3 is 5.97 Å². The Morgan fingerprint density at radius 2 is 2.00 bits per heavy atom. The van der Waals surface area contributed by atoms with Crippen LogP contribution < -0.4 is 4.90 Å². The first-order valence-electron chi connectivity index (χ1n) is 10.7. The van der Waals surface area contributed by atoms with E-state index in [1.807, 2.05) is 11.0 Å². The predicted molar refractivity (Wildman–Crippen MR) is 107 cm³/mol. The van der Waals surface area contributed by atoms with Crippen LogP contribution in [0.5, 0.6) is 0 Å². The zero-order valence-electron chi connectivity index (χ0n) is 17.1. The number of ether oxygens (including phenoxy) is 1. The molecular formula is C23H30N2O3. The van der Waals surface area contributed by atoms with Gasteiger partial charge in [0.15, 0.2) is 0 Å². The number of benzene rings is 1. The molecule has 3 aliphatic heterocycles. The summed E-state index contributed by atoms with van der Waals surface area (Å²) in [6.45, 7) is 6.11. The van der Waals surface area contributed by atoms with Gasteiger partial charge < -0.3 is 9.64 Å². The number of piperidine rings is 1. The van der Waals surface area contributed by atoms with Gasteiger partial charge in [-0.1, -0.05) is 25.1 Å². The number of rotatable bonds is 2. The molecule has 2 unspecified atom stereocenters. The quantitative estimate of drug-likeness (QED) is 0.738. The van der Waals surface area contributed by atoms with E-state index in [-0.39, 0.29) is 34.7 Å². The average Bonchev–Trinajstić information content (AvgIpc) is 3.25. The second kappa shape index (κ2) is 6.06. The van der Waals surface area contributed by atoms with Crippen LogP contribution >= 0.6 is 0 Å². The molecule has 3 heterocycles. The molecule has 0 bridgehead atoms. The van der Waals surface area contributed by atoms with Crippen LogP contribution in [0.3, 0.4) is 0 Å². The molecule has 28 heavy (non-hydrogen) atoms. The third-order valence-corrected chi connectivity index (χ3v) is 8.39. The second-order valence-electron chi connectivity index (χ2n) is 9.23. The molecule has 1 aliphatic carbocycles. The van der Waals surface area contributed by atoms with E-state index in [1.165, 1.54) is 19.1 Å². The number of methoxy groups -OCH3 is 1. The topological polar surface area (TPSA) is 49.9 Å². The maximum atomic E-state index is 13.1. The van der Waals surface area contributed by atoms with E-state index in [9.17, 15) is 9.59 Å². The van der Waals surface area contributed by atoms with Crippen molar-refractivity contribution in [2.75, 3.05) is 25.1 Å². The van der Waals surface area contributed by atoms with Crippen molar-refractivity contribution in [3.05, 3.63) is 29.8 Å². The molecule has 1 amide bonds. The van der Waals surface area contributed by atoms with E-state index >= 15 is 0 Å². The van der Waals surface area contributed by atoms with E-state index in [0.717, 1.165) is 44.5 Å². The van der Waals surface area contributed by atoms with Gasteiger partial charge in [-0.05, 0) is 62.2 Å². The number of fused-ring (bicyclic) bond motifs is 1. The molecule has 0 radical (unpaired) electrons. The summed E-state index contributed by atoms with van der Waals surface area (Å²) in [4.78, 5) is 30.5. The Hall–Kier alpha value is -1.88. The number of hydrogen-bond donors (Lipinski definition) is 0. The van der Waals surface area contributed by atoms with Crippen molar-refractivity contribution in [1.29, 1.82) is 0 Å². The van der Waals surface area contributed by atoms with Gasteiger partial charge in [-0.25, -0.2) is 0 Å². The summed E-state index contributed by atoms with van der Waals surface area (Å²) >= 11 is 0. The van der Waals surface area contributed by atoms with Crippen molar-refractivity contribution in [2.24, 2.45) is 11.3 Å². The maximum absolute atomic E-state index is 13.1. The van der Waals surface area contributed by atoms with Crippen molar-refractivity contribution >= 4 is 17.6 Å². The zero-order chi connectivity index (χ0) is 19.7. The fraction of sp³-hybridized carbons (Fsp3) is 0.652. The molecule has 150 valence electrons. The van der Waals surface area contributed by atoms with Gasteiger partial charge in [0.1, 0.15) is 0 Å². The van der Waals surface area contributed by atoms with Crippen molar-refractivity contribution in [1.82, 2.24) is 4.90 Å². The molecule has 0 aromatic heterocycles. The van der Waals surface area contributed by atoms with Gasteiger partial charge in [0.25, 0.3) is 0 Å². The van der Waals surface area contributed by atoms with Crippen LogP contribution in [0, 0.1) is 11.3 Å². The van der Waals surface area contributed by atoms with Gasteiger partial charge in [-0.2, -0.15) is 0 Å². The van der Waals surface area contributed by atoms with Gasteiger partial charge in [0.2, 0.25) is 5.91 Å². The minimum atomic E-state index is -0.268. The molecular weight excluding hydrogens is 352 g/mol. The number of esters is 1. The van der Waals surface area contributed by atoms with E-state index in [2.05, 4.69) is 30.0 Å². The maximum Gasteiger partial charge on any atom is 0.310 e. The third kappa shape index (κ3) is 2.01. The summed E-state index contributed by atoms with van der Waals surface area (Å²) in [5.74, 6) is -0.393. The Bertz CT molecular complexity index is 839. The first kappa shape index (κ1) is 18.2. The highest BCUT2D eigenvalue weighted by atomic mass is 16.5. The monoisotopic (exact) mass is 382 g/mol. The molecule has 4 aliphatic rings. The largest absolute Gasteiger partial charge is 0.469 e. The zero-order valence-corrected chi connectivity index (χ0v) is 17.1. The number of carbonyl (C=O) groups is 2. The van der Waals surface area contributed by atoms with Crippen LogP contribution in [0.4, 0.5) is 5.69 Å². The minimum Gasteiger partial charge on any atom is -0.469 e. The summed E-state index contributed by atoms with van der Waals surface area (Å²) in [5.41, 5.74) is 2.23. The molecule has 3 fully saturated rings. The Balaban J connectivity index is 1.79. The number of para-hydroxylation sites is 1.